The molecule has 2 unspecified atom stereocenters. The normalized spacial score (nSPS) is 18.9. The van der Waals surface area contributed by atoms with Crippen molar-refractivity contribution in [3.05, 3.63) is 29.8 Å². The molecule has 114 valence electrons. The Bertz CT molecular complexity index is 528. The number of para-hydroxylation sites is 1. The number of carbonyl (C=O) groups is 2. The third-order valence-corrected chi connectivity index (χ3v) is 3.83. The molecule has 1 aliphatic rings. The van der Waals surface area contributed by atoms with E-state index in [2.05, 4.69) is 10.6 Å². The first kappa shape index (κ1) is 15.5. The van der Waals surface area contributed by atoms with Crippen LogP contribution in [0.5, 0.6) is 0 Å². The van der Waals surface area contributed by atoms with Crippen LogP contribution in [0.2, 0.25) is 0 Å². The van der Waals surface area contributed by atoms with E-state index in [1.165, 1.54) is 0 Å². The third kappa shape index (κ3) is 3.82. The van der Waals surface area contributed by atoms with Crippen molar-refractivity contribution in [3.63, 3.8) is 0 Å². The number of amides is 2. The number of hydrogen-bond acceptors (Lipinski definition) is 3. The first-order chi connectivity index (χ1) is 9.99. The van der Waals surface area contributed by atoms with E-state index in [4.69, 9.17) is 0 Å². The minimum absolute atomic E-state index is 0.143. The second-order valence-electron chi connectivity index (χ2n) is 5.78. The van der Waals surface area contributed by atoms with Gasteiger partial charge in [0.05, 0.1) is 12.0 Å². The molecule has 0 spiro atoms. The highest BCUT2D eigenvalue weighted by molar-refractivity contribution is 6.01. The lowest BCUT2D eigenvalue weighted by molar-refractivity contribution is -0.126. The van der Waals surface area contributed by atoms with Gasteiger partial charge in [-0.1, -0.05) is 32.0 Å². The molecule has 0 saturated carbocycles. The van der Waals surface area contributed by atoms with Crippen LogP contribution in [-0.2, 0) is 9.59 Å². The zero-order valence-corrected chi connectivity index (χ0v) is 12.4. The van der Waals surface area contributed by atoms with Crippen molar-refractivity contribution >= 4 is 17.5 Å². The van der Waals surface area contributed by atoms with Crippen molar-refractivity contribution in [1.82, 2.24) is 5.32 Å². The SMILES string of the molecule is CC(C)C(O)CCNC(=O)C1CC(=O)Nc2ccccc21. The molecule has 1 aromatic carbocycles. The summed E-state index contributed by atoms with van der Waals surface area (Å²) in [6.45, 7) is 4.29. The van der Waals surface area contributed by atoms with Crippen LogP contribution in [0.3, 0.4) is 0 Å². The summed E-state index contributed by atoms with van der Waals surface area (Å²) >= 11 is 0. The van der Waals surface area contributed by atoms with Gasteiger partial charge in [0.25, 0.3) is 0 Å². The van der Waals surface area contributed by atoms with E-state index in [1.807, 2.05) is 32.0 Å². The second-order valence-corrected chi connectivity index (χ2v) is 5.78. The molecule has 1 aliphatic heterocycles. The quantitative estimate of drug-likeness (QED) is 0.771. The number of nitrogens with one attached hydrogen (secondary N) is 2. The van der Waals surface area contributed by atoms with Crippen LogP contribution in [0.4, 0.5) is 5.69 Å². The number of fused-ring (bicyclic) bond motifs is 1. The van der Waals surface area contributed by atoms with Gasteiger partial charge in [-0.15, -0.1) is 0 Å². The maximum atomic E-state index is 12.3. The van der Waals surface area contributed by atoms with Gasteiger partial charge < -0.3 is 15.7 Å². The highest BCUT2D eigenvalue weighted by atomic mass is 16.3. The summed E-state index contributed by atoms with van der Waals surface area (Å²) in [6, 6.07) is 7.36. The summed E-state index contributed by atoms with van der Waals surface area (Å²) in [5, 5.41) is 15.3. The minimum atomic E-state index is -0.453. The summed E-state index contributed by atoms with van der Waals surface area (Å²) in [5.41, 5.74) is 1.55. The van der Waals surface area contributed by atoms with Gasteiger partial charge in [-0.05, 0) is 24.0 Å². The lowest BCUT2D eigenvalue weighted by Crippen LogP contribution is -2.36. The number of aliphatic hydroxyl groups excluding tert-OH is 1. The number of hydrogen-bond donors (Lipinski definition) is 3. The molecule has 2 amide bonds. The number of anilines is 1. The Labute approximate surface area is 124 Å². The van der Waals surface area contributed by atoms with Gasteiger partial charge in [0, 0.05) is 18.7 Å². The zero-order chi connectivity index (χ0) is 15.4. The predicted octanol–water partition coefficient (Wildman–Crippen LogP) is 1.64. The average molecular weight is 290 g/mol. The van der Waals surface area contributed by atoms with Gasteiger partial charge in [-0.2, -0.15) is 0 Å². The maximum Gasteiger partial charge on any atom is 0.228 e. The fourth-order valence-corrected chi connectivity index (χ4v) is 2.45. The Kier molecular flexibility index (Phi) is 4.96. The Morgan fingerprint density at radius 3 is 2.86 bits per heavy atom. The van der Waals surface area contributed by atoms with Gasteiger partial charge in [-0.25, -0.2) is 0 Å². The number of aliphatic hydroxyl groups is 1. The predicted molar refractivity (Wildman–Crippen MR) is 80.9 cm³/mol. The Hall–Kier alpha value is -1.88. The lowest BCUT2D eigenvalue weighted by atomic mass is 9.90. The molecule has 1 aromatic rings. The van der Waals surface area contributed by atoms with Crippen molar-refractivity contribution < 1.29 is 14.7 Å². The minimum Gasteiger partial charge on any atom is -0.393 e. The Morgan fingerprint density at radius 1 is 1.43 bits per heavy atom. The number of rotatable bonds is 5. The van der Waals surface area contributed by atoms with Crippen LogP contribution in [0.25, 0.3) is 0 Å². The fraction of sp³-hybridized carbons (Fsp3) is 0.500. The summed E-state index contributed by atoms with van der Waals surface area (Å²) in [6.07, 6.45) is 0.256. The van der Waals surface area contributed by atoms with Crippen LogP contribution in [-0.4, -0.2) is 29.6 Å². The second kappa shape index (κ2) is 6.72. The van der Waals surface area contributed by atoms with Gasteiger partial charge in [0.2, 0.25) is 11.8 Å². The standard InChI is InChI=1S/C16H22N2O3/c1-10(2)14(19)7-8-17-16(21)12-9-15(20)18-13-6-4-3-5-11(12)13/h3-6,10,12,14,19H,7-9H2,1-2H3,(H,17,21)(H,18,20). The summed E-state index contributed by atoms with van der Waals surface area (Å²) in [7, 11) is 0. The third-order valence-electron chi connectivity index (χ3n) is 3.83. The van der Waals surface area contributed by atoms with E-state index >= 15 is 0 Å². The van der Waals surface area contributed by atoms with Crippen LogP contribution in [0.15, 0.2) is 24.3 Å². The molecule has 1 heterocycles. The summed E-state index contributed by atoms with van der Waals surface area (Å²) in [4.78, 5) is 24.0. The van der Waals surface area contributed by atoms with Crippen LogP contribution < -0.4 is 10.6 Å². The maximum absolute atomic E-state index is 12.3. The molecule has 0 fully saturated rings. The molecular weight excluding hydrogens is 268 g/mol. The number of carbonyl (C=O) groups excluding carboxylic acids is 2. The molecule has 2 rings (SSSR count). The fourth-order valence-electron chi connectivity index (χ4n) is 2.45. The summed E-state index contributed by atoms with van der Waals surface area (Å²) in [5.74, 6) is -0.585. The van der Waals surface area contributed by atoms with E-state index in [-0.39, 0.29) is 24.2 Å². The van der Waals surface area contributed by atoms with Gasteiger partial charge >= 0.3 is 0 Å². The van der Waals surface area contributed by atoms with E-state index in [9.17, 15) is 14.7 Å². The number of benzene rings is 1. The molecule has 5 heteroatoms. The first-order valence-corrected chi connectivity index (χ1v) is 7.33. The smallest absolute Gasteiger partial charge is 0.228 e. The van der Waals surface area contributed by atoms with Crippen LogP contribution >= 0.6 is 0 Å². The van der Waals surface area contributed by atoms with E-state index < -0.39 is 12.0 Å². The van der Waals surface area contributed by atoms with E-state index in [0.717, 1.165) is 5.56 Å². The average Bonchev–Trinajstić information content (AvgIpc) is 2.45. The molecular formula is C16H22N2O3. The van der Waals surface area contributed by atoms with Crippen molar-refractivity contribution in [2.45, 2.75) is 38.7 Å². The van der Waals surface area contributed by atoms with Gasteiger partial charge in [0.1, 0.15) is 0 Å². The molecule has 0 bridgehead atoms. The largest absolute Gasteiger partial charge is 0.393 e. The van der Waals surface area contributed by atoms with Gasteiger partial charge in [0.15, 0.2) is 0 Å². The molecule has 0 aromatic heterocycles. The van der Waals surface area contributed by atoms with E-state index in [1.54, 1.807) is 6.07 Å². The molecule has 5 nitrogen and oxygen atoms in total. The summed E-state index contributed by atoms with van der Waals surface area (Å²) < 4.78 is 0. The molecule has 0 aliphatic carbocycles. The molecule has 3 N–H and O–H groups in total. The topological polar surface area (TPSA) is 78.4 Å². The van der Waals surface area contributed by atoms with E-state index in [0.29, 0.717) is 18.7 Å². The highest BCUT2D eigenvalue weighted by Gasteiger charge is 2.30. The van der Waals surface area contributed by atoms with Crippen molar-refractivity contribution in [1.29, 1.82) is 0 Å². The molecule has 21 heavy (non-hydrogen) atoms. The first-order valence-electron chi connectivity index (χ1n) is 7.33. The monoisotopic (exact) mass is 290 g/mol. The molecule has 2 atom stereocenters. The van der Waals surface area contributed by atoms with Crippen molar-refractivity contribution in [3.8, 4) is 0 Å². The van der Waals surface area contributed by atoms with Crippen molar-refractivity contribution in [2.24, 2.45) is 5.92 Å². The Balaban J connectivity index is 1.98. The highest BCUT2D eigenvalue weighted by Crippen LogP contribution is 2.31. The molecule has 0 saturated heterocycles. The zero-order valence-electron chi connectivity index (χ0n) is 12.4. The Morgan fingerprint density at radius 2 is 2.14 bits per heavy atom. The van der Waals surface area contributed by atoms with Gasteiger partial charge in [-0.3, -0.25) is 9.59 Å². The molecule has 0 radical (unpaired) electrons. The van der Waals surface area contributed by atoms with Crippen LogP contribution in [0, 0.1) is 5.92 Å². The van der Waals surface area contributed by atoms with Crippen LogP contribution in [0.1, 0.15) is 38.2 Å². The lowest BCUT2D eigenvalue weighted by Gasteiger charge is -2.25. The van der Waals surface area contributed by atoms with Crippen molar-refractivity contribution in [2.75, 3.05) is 11.9 Å².